The van der Waals surface area contributed by atoms with Crippen molar-refractivity contribution in [3.63, 3.8) is 0 Å². The minimum Gasteiger partial charge on any atom is -0.308 e. The van der Waals surface area contributed by atoms with Gasteiger partial charge in [-0.25, -0.2) is 4.39 Å². The Balaban J connectivity index is 2.25. The molecule has 21 heavy (non-hydrogen) atoms. The zero-order chi connectivity index (χ0) is 15.5. The molecule has 0 aromatic heterocycles. The first-order valence-corrected chi connectivity index (χ1v) is 8.42. The second-order valence-electron chi connectivity index (χ2n) is 5.88. The van der Waals surface area contributed by atoms with E-state index in [4.69, 9.17) is 0 Å². The van der Waals surface area contributed by atoms with Crippen molar-refractivity contribution in [1.29, 1.82) is 0 Å². The first kappa shape index (κ1) is 16.5. The van der Waals surface area contributed by atoms with Crippen LogP contribution >= 0.6 is 27.7 Å². The fraction of sp³-hybridized carbons (Fsp3) is 0.294. The van der Waals surface area contributed by atoms with E-state index in [1.54, 1.807) is 17.8 Å². The zero-order valence-electron chi connectivity index (χ0n) is 12.4. The fourth-order valence-electron chi connectivity index (χ4n) is 1.82. The van der Waals surface area contributed by atoms with Crippen molar-refractivity contribution in [3.05, 3.63) is 58.3 Å². The molecule has 112 valence electrons. The number of nitrogens with one attached hydrogen (secondary N) is 1. The van der Waals surface area contributed by atoms with E-state index in [0.717, 1.165) is 19.8 Å². The van der Waals surface area contributed by atoms with Gasteiger partial charge < -0.3 is 5.32 Å². The lowest BCUT2D eigenvalue weighted by atomic mass is 10.1. The molecule has 0 heterocycles. The van der Waals surface area contributed by atoms with Crippen LogP contribution in [0.2, 0.25) is 0 Å². The van der Waals surface area contributed by atoms with E-state index >= 15 is 0 Å². The van der Waals surface area contributed by atoms with Crippen molar-refractivity contribution in [1.82, 2.24) is 5.32 Å². The van der Waals surface area contributed by atoms with Gasteiger partial charge in [-0.05, 0) is 51.1 Å². The predicted molar refractivity (Wildman–Crippen MR) is 91.3 cm³/mol. The minimum atomic E-state index is -0.160. The summed E-state index contributed by atoms with van der Waals surface area (Å²) in [7, 11) is 0. The number of hydrogen-bond donors (Lipinski definition) is 1. The third-order valence-electron chi connectivity index (χ3n) is 2.90. The maximum atomic E-state index is 14.1. The summed E-state index contributed by atoms with van der Waals surface area (Å²) in [5, 5.41) is 3.35. The molecule has 0 amide bonds. The molecular formula is C17H19BrFNS. The Bertz CT molecular complexity index is 622. The molecule has 0 aliphatic heterocycles. The van der Waals surface area contributed by atoms with E-state index < -0.39 is 0 Å². The largest absolute Gasteiger partial charge is 0.308 e. The molecule has 0 fully saturated rings. The van der Waals surface area contributed by atoms with Crippen molar-refractivity contribution in [2.45, 2.75) is 42.6 Å². The highest BCUT2D eigenvalue weighted by atomic mass is 79.9. The molecule has 0 unspecified atom stereocenters. The van der Waals surface area contributed by atoms with Gasteiger partial charge in [-0.1, -0.05) is 39.8 Å². The Labute approximate surface area is 138 Å². The minimum absolute atomic E-state index is 0.0417. The molecule has 0 radical (unpaired) electrons. The molecule has 0 spiro atoms. The standard InChI is InChI=1S/C17H19BrFNS/c1-17(2,3)20-11-14-15(19)8-5-9-16(14)21-13-7-4-6-12(18)10-13/h4-10,20H,11H2,1-3H3. The average Bonchev–Trinajstić information content (AvgIpc) is 2.37. The summed E-state index contributed by atoms with van der Waals surface area (Å²) in [6.07, 6.45) is 0. The van der Waals surface area contributed by atoms with E-state index in [-0.39, 0.29) is 11.4 Å². The summed E-state index contributed by atoms with van der Waals surface area (Å²) < 4.78 is 15.2. The first-order valence-electron chi connectivity index (χ1n) is 6.81. The van der Waals surface area contributed by atoms with Gasteiger partial charge in [-0.15, -0.1) is 0 Å². The van der Waals surface area contributed by atoms with Crippen LogP contribution in [0.25, 0.3) is 0 Å². The number of hydrogen-bond acceptors (Lipinski definition) is 2. The monoisotopic (exact) mass is 367 g/mol. The van der Waals surface area contributed by atoms with Crippen LogP contribution in [0.3, 0.4) is 0 Å². The molecule has 0 saturated heterocycles. The van der Waals surface area contributed by atoms with Crippen LogP contribution in [-0.4, -0.2) is 5.54 Å². The lowest BCUT2D eigenvalue weighted by Crippen LogP contribution is -2.35. The second kappa shape index (κ2) is 6.95. The molecule has 1 nitrogen and oxygen atoms in total. The first-order chi connectivity index (χ1) is 9.85. The van der Waals surface area contributed by atoms with Crippen molar-refractivity contribution >= 4 is 27.7 Å². The van der Waals surface area contributed by atoms with Crippen LogP contribution in [-0.2, 0) is 6.54 Å². The molecule has 4 heteroatoms. The summed E-state index contributed by atoms with van der Waals surface area (Å²) >= 11 is 5.05. The van der Waals surface area contributed by atoms with Gasteiger partial charge in [0.2, 0.25) is 0 Å². The van der Waals surface area contributed by atoms with Crippen LogP contribution in [0.1, 0.15) is 26.3 Å². The smallest absolute Gasteiger partial charge is 0.128 e. The van der Waals surface area contributed by atoms with E-state index in [0.29, 0.717) is 6.54 Å². The summed E-state index contributed by atoms with van der Waals surface area (Å²) in [5.74, 6) is -0.160. The molecule has 2 rings (SSSR count). The zero-order valence-corrected chi connectivity index (χ0v) is 14.8. The lowest BCUT2D eigenvalue weighted by Gasteiger charge is -2.22. The van der Waals surface area contributed by atoms with Gasteiger partial charge in [-0.2, -0.15) is 0 Å². The van der Waals surface area contributed by atoms with Crippen molar-refractivity contribution in [3.8, 4) is 0 Å². The number of rotatable bonds is 4. The highest BCUT2D eigenvalue weighted by Crippen LogP contribution is 2.33. The Morgan fingerprint density at radius 2 is 1.86 bits per heavy atom. The fourth-order valence-corrected chi connectivity index (χ4v) is 3.39. The molecule has 0 atom stereocenters. The van der Waals surface area contributed by atoms with E-state index in [1.807, 2.05) is 30.3 Å². The van der Waals surface area contributed by atoms with Crippen LogP contribution in [0.4, 0.5) is 4.39 Å². The van der Waals surface area contributed by atoms with Crippen molar-refractivity contribution < 1.29 is 4.39 Å². The van der Waals surface area contributed by atoms with Gasteiger partial charge in [0.25, 0.3) is 0 Å². The summed E-state index contributed by atoms with van der Waals surface area (Å²) in [6.45, 7) is 6.76. The van der Waals surface area contributed by atoms with E-state index in [1.165, 1.54) is 6.07 Å². The topological polar surface area (TPSA) is 12.0 Å². The van der Waals surface area contributed by atoms with Crippen LogP contribution in [0.15, 0.2) is 56.7 Å². The van der Waals surface area contributed by atoms with Gasteiger partial charge in [0, 0.05) is 31.9 Å². The van der Waals surface area contributed by atoms with Crippen LogP contribution in [0.5, 0.6) is 0 Å². The maximum Gasteiger partial charge on any atom is 0.128 e. The molecule has 2 aromatic carbocycles. The summed E-state index contributed by atoms with van der Waals surface area (Å²) in [5.41, 5.74) is 0.678. The van der Waals surface area contributed by atoms with E-state index in [2.05, 4.69) is 42.0 Å². The normalized spacial score (nSPS) is 11.7. The average molecular weight is 368 g/mol. The molecule has 0 bridgehead atoms. The quantitative estimate of drug-likeness (QED) is 0.751. The summed E-state index contributed by atoms with van der Waals surface area (Å²) in [4.78, 5) is 2.04. The molecule has 0 saturated carbocycles. The van der Waals surface area contributed by atoms with Gasteiger partial charge in [-0.3, -0.25) is 0 Å². The lowest BCUT2D eigenvalue weighted by molar-refractivity contribution is 0.416. The number of halogens is 2. The van der Waals surface area contributed by atoms with E-state index in [9.17, 15) is 4.39 Å². The molecule has 0 aliphatic carbocycles. The molecule has 2 aromatic rings. The maximum absolute atomic E-state index is 14.1. The SMILES string of the molecule is CC(C)(C)NCc1c(F)cccc1Sc1cccc(Br)c1. The van der Waals surface area contributed by atoms with Crippen molar-refractivity contribution in [2.24, 2.45) is 0 Å². The second-order valence-corrected chi connectivity index (χ2v) is 7.91. The van der Waals surface area contributed by atoms with Gasteiger partial charge in [0.15, 0.2) is 0 Å². The summed E-state index contributed by atoms with van der Waals surface area (Å²) in [6, 6.07) is 13.3. The Morgan fingerprint density at radius 3 is 2.52 bits per heavy atom. The molecular weight excluding hydrogens is 349 g/mol. The third kappa shape index (κ3) is 5.13. The van der Waals surface area contributed by atoms with Gasteiger partial charge in [0.05, 0.1) is 0 Å². The number of benzene rings is 2. The van der Waals surface area contributed by atoms with Crippen molar-refractivity contribution in [2.75, 3.05) is 0 Å². The third-order valence-corrected chi connectivity index (χ3v) is 4.48. The van der Waals surface area contributed by atoms with Crippen LogP contribution < -0.4 is 5.32 Å². The molecule has 1 N–H and O–H groups in total. The Morgan fingerprint density at radius 1 is 1.14 bits per heavy atom. The highest BCUT2D eigenvalue weighted by molar-refractivity contribution is 9.10. The Kier molecular flexibility index (Phi) is 5.47. The van der Waals surface area contributed by atoms with Crippen LogP contribution in [0, 0.1) is 5.82 Å². The predicted octanol–water partition coefficient (Wildman–Crippen LogP) is 5.63. The highest BCUT2D eigenvalue weighted by Gasteiger charge is 2.14. The van der Waals surface area contributed by atoms with Gasteiger partial charge in [0.1, 0.15) is 5.82 Å². The van der Waals surface area contributed by atoms with Gasteiger partial charge >= 0.3 is 0 Å². The Hall–Kier alpha value is -0.840. The molecule has 0 aliphatic rings.